The first-order valence-corrected chi connectivity index (χ1v) is 6.60. The van der Waals surface area contributed by atoms with Crippen LogP contribution in [-0.4, -0.2) is 26.5 Å². The topological polar surface area (TPSA) is 72.7 Å². The largest absolute Gasteiger partial charge is 0.360 e. The van der Waals surface area contributed by atoms with Crippen molar-refractivity contribution in [1.82, 2.24) is 20.0 Å². The first-order valence-electron chi connectivity index (χ1n) is 5.79. The molecular weight excluding hydrogens is 250 g/mol. The summed E-state index contributed by atoms with van der Waals surface area (Å²) >= 11 is 1.45. The van der Waals surface area contributed by atoms with Crippen LogP contribution in [0.4, 0.5) is 5.13 Å². The lowest BCUT2D eigenvalue weighted by atomic mass is 10.3. The molecule has 0 aliphatic heterocycles. The molecule has 0 aliphatic carbocycles. The van der Waals surface area contributed by atoms with Crippen LogP contribution in [0.15, 0.2) is 17.1 Å². The average Bonchev–Trinajstić information content (AvgIpc) is 2.78. The molecule has 0 atom stereocenters. The Balaban J connectivity index is 2.09. The Morgan fingerprint density at radius 1 is 1.44 bits per heavy atom. The van der Waals surface area contributed by atoms with Crippen molar-refractivity contribution in [3.05, 3.63) is 33.2 Å². The Kier molecular flexibility index (Phi) is 4.03. The summed E-state index contributed by atoms with van der Waals surface area (Å²) in [6.07, 6.45) is 2.70. The molecule has 96 valence electrons. The van der Waals surface area contributed by atoms with Crippen molar-refractivity contribution in [2.75, 3.05) is 11.9 Å². The second-order valence-corrected chi connectivity index (χ2v) is 5.02. The fourth-order valence-corrected chi connectivity index (χ4v) is 2.14. The number of nitrogens with zero attached hydrogens (tertiary/aromatic N) is 4. The second-order valence-electron chi connectivity index (χ2n) is 3.96. The second kappa shape index (κ2) is 5.72. The van der Waals surface area contributed by atoms with Crippen LogP contribution in [-0.2, 0) is 6.54 Å². The van der Waals surface area contributed by atoms with Crippen LogP contribution in [0.5, 0.6) is 0 Å². The normalized spacial score (nSPS) is 10.6. The number of hydrogen-bond donors (Lipinski definition) is 1. The van der Waals surface area contributed by atoms with Crippen molar-refractivity contribution in [3.8, 4) is 0 Å². The molecule has 2 aromatic heterocycles. The van der Waals surface area contributed by atoms with Gasteiger partial charge in [-0.15, -0.1) is 10.2 Å². The van der Waals surface area contributed by atoms with Crippen molar-refractivity contribution < 1.29 is 0 Å². The molecule has 0 fully saturated rings. The highest BCUT2D eigenvalue weighted by Crippen LogP contribution is 2.15. The van der Waals surface area contributed by atoms with E-state index >= 15 is 0 Å². The first-order chi connectivity index (χ1) is 8.69. The van der Waals surface area contributed by atoms with E-state index in [0.717, 1.165) is 28.7 Å². The number of nitrogens with one attached hydrogen (secondary N) is 1. The van der Waals surface area contributed by atoms with Crippen LogP contribution in [0.2, 0.25) is 0 Å². The van der Waals surface area contributed by atoms with E-state index in [1.165, 1.54) is 16.0 Å². The van der Waals surface area contributed by atoms with Crippen molar-refractivity contribution in [1.29, 1.82) is 0 Å². The van der Waals surface area contributed by atoms with E-state index in [9.17, 15) is 4.79 Å². The predicted octanol–water partition coefficient (Wildman–Crippen LogP) is 1.27. The molecule has 0 saturated heterocycles. The van der Waals surface area contributed by atoms with E-state index in [2.05, 4.69) is 27.5 Å². The third kappa shape index (κ3) is 3.13. The summed E-state index contributed by atoms with van der Waals surface area (Å²) in [5.74, 6) is 0. The number of anilines is 1. The zero-order valence-electron chi connectivity index (χ0n) is 10.4. The van der Waals surface area contributed by atoms with Crippen molar-refractivity contribution in [2.24, 2.45) is 0 Å². The lowest BCUT2D eigenvalue weighted by Gasteiger charge is -2.00. The molecule has 0 unspecified atom stereocenters. The number of aryl methyl sites for hydroxylation is 1. The smallest absolute Gasteiger partial charge is 0.267 e. The molecule has 2 rings (SSSR count). The summed E-state index contributed by atoms with van der Waals surface area (Å²) in [5, 5.41) is 16.8. The minimum Gasteiger partial charge on any atom is -0.360 e. The average molecular weight is 265 g/mol. The van der Waals surface area contributed by atoms with E-state index < -0.39 is 0 Å². The van der Waals surface area contributed by atoms with Gasteiger partial charge in [0.1, 0.15) is 5.01 Å². The van der Waals surface area contributed by atoms with Crippen LogP contribution in [0, 0.1) is 6.92 Å². The highest BCUT2D eigenvalue weighted by molar-refractivity contribution is 7.15. The summed E-state index contributed by atoms with van der Waals surface area (Å²) in [5.41, 5.74) is 0.743. The summed E-state index contributed by atoms with van der Waals surface area (Å²) < 4.78 is 1.39. The molecule has 2 heterocycles. The van der Waals surface area contributed by atoms with Gasteiger partial charge in [0.15, 0.2) is 0 Å². The van der Waals surface area contributed by atoms with Gasteiger partial charge in [0, 0.05) is 12.6 Å². The van der Waals surface area contributed by atoms with E-state index in [0.29, 0.717) is 6.54 Å². The zero-order chi connectivity index (χ0) is 13.0. The van der Waals surface area contributed by atoms with E-state index in [1.807, 2.05) is 6.92 Å². The molecule has 0 amide bonds. The van der Waals surface area contributed by atoms with Gasteiger partial charge in [-0.3, -0.25) is 4.79 Å². The Morgan fingerprint density at radius 2 is 2.28 bits per heavy atom. The van der Waals surface area contributed by atoms with Gasteiger partial charge in [-0.1, -0.05) is 18.3 Å². The quantitative estimate of drug-likeness (QED) is 0.881. The molecule has 0 aromatic carbocycles. The fraction of sp³-hybridized carbons (Fsp3) is 0.455. The van der Waals surface area contributed by atoms with Gasteiger partial charge in [-0.05, 0) is 18.9 Å². The maximum Gasteiger partial charge on any atom is 0.267 e. The fourth-order valence-electron chi connectivity index (χ4n) is 1.39. The molecule has 6 nitrogen and oxygen atoms in total. The van der Waals surface area contributed by atoms with Gasteiger partial charge < -0.3 is 5.32 Å². The highest BCUT2D eigenvalue weighted by atomic mass is 32.1. The molecule has 0 aliphatic rings. The van der Waals surface area contributed by atoms with E-state index in [-0.39, 0.29) is 5.56 Å². The molecule has 0 spiro atoms. The SMILES string of the molecule is CCCNc1nnc(Cn2ncc(C)cc2=O)s1. The van der Waals surface area contributed by atoms with E-state index in [1.54, 1.807) is 12.3 Å². The maximum absolute atomic E-state index is 11.7. The Labute approximate surface area is 109 Å². The van der Waals surface area contributed by atoms with Crippen LogP contribution in [0.3, 0.4) is 0 Å². The number of rotatable bonds is 5. The summed E-state index contributed by atoms with van der Waals surface area (Å²) in [6.45, 7) is 5.17. The molecule has 2 aromatic rings. The van der Waals surface area contributed by atoms with E-state index in [4.69, 9.17) is 0 Å². The Hall–Kier alpha value is -1.76. The summed E-state index contributed by atoms with van der Waals surface area (Å²) in [7, 11) is 0. The summed E-state index contributed by atoms with van der Waals surface area (Å²) in [4.78, 5) is 11.7. The van der Waals surface area contributed by atoms with Crippen molar-refractivity contribution >= 4 is 16.5 Å². The highest BCUT2D eigenvalue weighted by Gasteiger charge is 2.06. The minimum atomic E-state index is -0.117. The van der Waals surface area contributed by atoms with Crippen molar-refractivity contribution in [2.45, 2.75) is 26.8 Å². The Bertz CT molecular complexity index is 577. The maximum atomic E-state index is 11.7. The van der Waals surface area contributed by atoms with Crippen LogP contribution < -0.4 is 10.9 Å². The molecular formula is C11H15N5OS. The summed E-state index contributed by atoms with van der Waals surface area (Å²) in [6, 6.07) is 1.56. The van der Waals surface area contributed by atoms with Crippen LogP contribution in [0.1, 0.15) is 23.9 Å². The van der Waals surface area contributed by atoms with Gasteiger partial charge in [0.05, 0.1) is 12.7 Å². The Morgan fingerprint density at radius 3 is 3.00 bits per heavy atom. The lowest BCUT2D eigenvalue weighted by Crippen LogP contribution is -2.22. The third-order valence-electron chi connectivity index (χ3n) is 2.28. The molecule has 0 radical (unpaired) electrons. The zero-order valence-corrected chi connectivity index (χ0v) is 11.2. The molecule has 18 heavy (non-hydrogen) atoms. The van der Waals surface area contributed by atoms with Gasteiger partial charge in [-0.25, -0.2) is 4.68 Å². The van der Waals surface area contributed by atoms with Gasteiger partial charge >= 0.3 is 0 Å². The monoisotopic (exact) mass is 265 g/mol. The number of hydrogen-bond acceptors (Lipinski definition) is 6. The first kappa shape index (κ1) is 12.7. The molecule has 0 saturated carbocycles. The predicted molar refractivity (Wildman–Crippen MR) is 71.0 cm³/mol. The van der Waals surface area contributed by atoms with Crippen molar-refractivity contribution in [3.63, 3.8) is 0 Å². The lowest BCUT2D eigenvalue weighted by molar-refractivity contribution is 0.629. The number of aromatic nitrogens is 4. The standard InChI is InChI=1S/C11H15N5OS/c1-3-4-12-11-15-14-9(18-11)7-16-10(17)5-8(2)6-13-16/h5-6H,3-4,7H2,1-2H3,(H,12,15). The molecule has 0 bridgehead atoms. The van der Waals surface area contributed by atoms with Crippen LogP contribution >= 0.6 is 11.3 Å². The molecule has 7 heteroatoms. The van der Waals surface area contributed by atoms with Gasteiger partial charge in [0.25, 0.3) is 5.56 Å². The van der Waals surface area contributed by atoms with Gasteiger partial charge in [0.2, 0.25) is 5.13 Å². The van der Waals surface area contributed by atoms with Crippen LogP contribution in [0.25, 0.3) is 0 Å². The molecule has 1 N–H and O–H groups in total. The minimum absolute atomic E-state index is 0.117. The third-order valence-corrected chi connectivity index (χ3v) is 3.15. The van der Waals surface area contributed by atoms with Gasteiger partial charge in [-0.2, -0.15) is 5.10 Å².